The third-order valence-corrected chi connectivity index (χ3v) is 6.38. The lowest BCUT2D eigenvalue weighted by molar-refractivity contribution is -0.140. The van der Waals surface area contributed by atoms with Crippen molar-refractivity contribution >= 4 is 40.7 Å². The van der Waals surface area contributed by atoms with E-state index in [9.17, 15) is 14.7 Å². The number of amides is 1. The van der Waals surface area contributed by atoms with E-state index in [-0.39, 0.29) is 17.9 Å². The Kier molecular flexibility index (Phi) is 6.09. The molecule has 0 spiro atoms. The summed E-state index contributed by atoms with van der Waals surface area (Å²) in [5.74, 6) is -1.59. The van der Waals surface area contributed by atoms with Crippen LogP contribution in [0.1, 0.15) is 33.9 Å². The summed E-state index contributed by atoms with van der Waals surface area (Å²) >= 11 is 12.4. The number of likely N-dealkylation sites (tertiary alicyclic amines) is 1. The molecule has 32 heavy (non-hydrogen) atoms. The Morgan fingerprint density at radius 3 is 2.34 bits per heavy atom. The Bertz CT molecular complexity index is 1250. The van der Waals surface area contributed by atoms with Crippen LogP contribution in [-0.4, -0.2) is 21.7 Å². The fraction of sp³-hybridized carbons (Fsp3) is 0.154. The Labute approximate surface area is 196 Å². The van der Waals surface area contributed by atoms with Crippen molar-refractivity contribution in [2.75, 3.05) is 0 Å². The maximum Gasteiger partial charge on any atom is 0.295 e. The zero-order valence-corrected chi connectivity index (χ0v) is 19.1. The zero-order chi connectivity index (χ0) is 23.0. The van der Waals surface area contributed by atoms with Crippen molar-refractivity contribution in [1.29, 1.82) is 0 Å². The van der Waals surface area contributed by atoms with E-state index in [0.29, 0.717) is 21.2 Å². The Morgan fingerprint density at radius 1 is 0.938 bits per heavy atom. The first kappa shape index (κ1) is 22.1. The van der Waals surface area contributed by atoms with Gasteiger partial charge in [0, 0.05) is 12.1 Å². The molecule has 1 heterocycles. The predicted molar refractivity (Wildman–Crippen MR) is 127 cm³/mol. The minimum Gasteiger partial charge on any atom is -0.507 e. The molecule has 1 atom stereocenters. The molecular weight excluding hydrogens is 445 g/mol. The fourth-order valence-electron chi connectivity index (χ4n) is 3.99. The van der Waals surface area contributed by atoms with Crippen LogP contribution in [0.5, 0.6) is 0 Å². The van der Waals surface area contributed by atoms with Crippen molar-refractivity contribution in [3.63, 3.8) is 0 Å². The van der Waals surface area contributed by atoms with Gasteiger partial charge in [-0.1, -0.05) is 77.3 Å². The van der Waals surface area contributed by atoms with E-state index in [2.05, 4.69) is 0 Å². The van der Waals surface area contributed by atoms with Crippen molar-refractivity contribution in [2.24, 2.45) is 0 Å². The number of carbonyl (C=O) groups is 2. The predicted octanol–water partition coefficient (Wildman–Crippen LogP) is 6.23. The molecule has 3 aromatic rings. The summed E-state index contributed by atoms with van der Waals surface area (Å²) in [5, 5.41) is 11.9. The van der Waals surface area contributed by atoms with Crippen molar-refractivity contribution in [1.82, 2.24) is 4.90 Å². The number of carbonyl (C=O) groups excluding carboxylic acids is 2. The molecule has 1 aliphatic heterocycles. The average Bonchev–Trinajstić information content (AvgIpc) is 3.02. The van der Waals surface area contributed by atoms with E-state index in [0.717, 1.165) is 16.7 Å². The van der Waals surface area contributed by atoms with Crippen molar-refractivity contribution in [3.05, 3.63) is 110 Å². The summed E-state index contributed by atoms with van der Waals surface area (Å²) in [5.41, 5.74) is 3.76. The summed E-state index contributed by atoms with van der Waals surface area (Å²) in [7, 11) is 0. The minimum atomic E-state index is -0.801. The molecule has 1 amide bonds. The molecule has 4 nitrogen and oxygen atoms in total. The van der Waals surface area contributed by atoms with Gasteiger partial charge in [0.2, 0.25) is 0 Å². The van der Waals surface area contributed by atoms with Gasteiger partial charge < -0.3 is 10.0 Å². The summed E-state index contributed by atoms with van der Waals surface area (Å²) in [6.07, 6.45) is 0. The quantitative estimate of drug-likeness (QED) is 0.282. The molecule has 0 bridgehead atoms. The fourth-order valence-corrected chi connectivity index (χ4v) is 4.29. The lowest BCUT2D eigenvalue weighted by atomic mass is 9.93. The van der Waals surface area contributed by atoms with Gasteiger partial charge in [-0.25, -0.2) is 0 Å². The van der Waals surface area contributed by atoms with Crippen LogP contribution in [0.25, 0.3) is 5.76 Å². The van der Waals surface area contributed by atoms with E-state index in [1.165, 1.54) is 4.90 Å². The van der Waals surface area contributed by atoms with Gasteiger partial charge in [-0.3, -0.25) is 9.59 Å². The molecule has 1 aliphatic rings. The van der Waals surface area contributed by atoms with Gasteiger partial charge in [-0.2, -0.15) is 0 Å². The maximum absolute atomic E-state index is 13.2. The normalized spacial score (nSPS) is 17.8. The first-order valence-electron chi connectivity index (χ1n) is 10.1. The number of hydrogen-bond donors (Lipinski definition) is 1. The van der Waals surface area contributed by atoms with Gasteiger partial charge >= 0.3 is 0 Å². The largest absolute Gasteiger partial charge is 0.507 e. The first-order valence-corrected chi connectivity index (χ1v) is 10.9. The number of halogens is 2. The molecule has 1 N–H and O–H groups in total. The van der Waals surface area contributed by atoms with E-state index < -0.39 is 17.7 Å². The second kappa shape index (κ2) is 8.81. The smallest absolute Gasteiger partial charge is 0.295 e. The molecule has 0 aliphatic carbocycles. The molecule has 6 heteroatoms. The standard InChI is InChI=1S/C26H21Cl2NO3/c1-15-8-9-16(2)19(12-15)24(30)22-23(18-10-11-20(27)21(28)13-18)29(26(32)25(22)31)14-17-6-4-3-5-7-17/h3-13,23,30H,14H2,1-2H3. The van der Waals surface area contributed by atoms with Gasteiger partial charge in [-0.05, 0) is 48.7 Å². The number of nitrogens with zero attached hydrogens (tertiary/aromatic N) is 1. The molecule has 0 saturated carbocycles. The third-order valence-electron chi connectivity index (χ3n) is 5.64. The van der Waals surface area contributed by atoms with E-state index in [1.54, 1.807) is 24.3 Å². The monoisotopic (exact) mass is 465 g/mol. The molecule has 1 saturated heterocycles. The molecule has 0 aromatic heterocycles. The van der Waals surface area contributed by atoms with Crippen molar-refractivity contribution < 1.29 is 14.7 Å². The molecule has 1 fully saturated rings. The van der Waals surface area contributed by atoms with Crippen LogP contribution in [0.2, 0.25) is 10.0 Å². The van der Waals surface area contributed by atoms with Crippen LogP contribution >= 0.6 is 23.2 Å². The topological polar surface area (TPSA) is 57.6 Å². The average molecular weight is 466 g/mol. The minimum absolute atomic E-state index is 0.0398. The lowest BCUT2D eigenvalue weighted by Crippen LogP contribution is -2.29. The summed E-state index contributed by atoms with van der Waals surface area (Å²) in [6.45, 7) is 3.96. The van der Waals surface area contributed by atoms with Crippen LogP contribution in [0, 0.1) is 13.8 Å². The Hall–Kier alpha value is -3.08. The summed E-state index contributed by atoms with van der Waals surface area (Å²) < 4.78 is 0. The number of hydrogen-bond acceptors (Lipinski definition) is 3. The molecule has 1 unspecified atom stereocenters. The van der Waals surface area contributed by atoms with Crippen molar-refractivity contribution in [2.45, 2.75) is 26.4 Å². The highest BCUT2D eigenvalue weighted by atomic mass is 35.5. The number of aryl methyl sites for hydroxylation is 2. The molecule has 0 radical (unpaired) electrons. The van der Waals surface area contributed by atoms with Crippen LogP contribution < -0.4 is 0 Å². The molecular formula is C26H21Cl2NO3. The third kappa shape index (κ3) is 4.04. The van der Waals surface area contributed by atoms with Crippen LogP contribution in [0.15, 0.2) is 72.3 Å². The van der Waals surface area contributed by atoms with Gasteiger partial charge in [0.05, 0.1) is 21.7 Å². The lowest BCUT2D eigenvalue weighted by Gasteiger charge is -2.26. The van der Waals surface area contributed by atoms with E-state index in [4.69, 9.17) is 23.2 Å². The Balaban J connectivity index is 1.92. The van der Waals surface area contributed by atoms with Crippen LogP contribution in [0.4, 0.5) is 0 Å². The van der Waals surface area contributed by atoms with Gasteiger partial charge in [-0.15, -0.1) is 0 Å². The maximum atomic E-state index is 13.2. The zero-order valence-electron chi connectivity index (χ0n) is 17.6. The highest BCUT2D eigenvalue weighted by Crippen LogP contribution is 2.42. The van der Waals surface area contributed by atoms with Crippen molar-refractivity contribution in [3.8, 4) is 0 Å². The molecule has 162 valence electrons. The number of ketones is 1. The molecule has 3 aromatic carbocycles. The second-order valence-corrected chi connectivity index (χ2v) is 8.72. The number of aliphatic hydroxyl groups is 1. The Morgan fingerprint density at radius 2 is 1.66 bits per heavy atom. The number of rotatable bonds is 4. The highest BCUT2D eigenvalue weighted by molar-refractivity contribution is 6.46. The van der Waals surface area contributed by atoms with Gasteiger partial charge in [0.15, 0.2) is 0 Å². The number of benzene rings is 3. The number of Topliss-reactive ketones (excluding diaryl/α,β-unsaturated/α-hetero) is 1. The first-order chi connectivity index (χ1) is 15.3. The van der Waals surface area contributed by atoms with Crippen LogP contribution in [0.3, 0.4) is 0 Å². The SMILES string of the molecule is Cc1ccc(C)c(C(O)=C2C(=O)C(=O)N(Cc3ccccc3)C2c2ccc(Cl)c(Cl)c2)c1. The summed E-state index contributed by atoms with van der Waals surface area (Å²) in [6, 6.07) is 19.2. The van der Waals surface area contributed by atoms with E-state index >= 15 is 0 Å². The second-order valence-electron chi connectivity index (χ2n) is 7.90. The van der Waals surface area contributed by atoms with Gasteiger partial charge in [0.1, 0.15) is 5.76 Å². The van der Waals surface area contributed by atoms with E-state index in [1.807, 2.05) is 56.3 Å². The summed E-state index contributed by atoms with van der Waals surface area (Å²) in [4.78, 5) is 27.8. The van der Waals surface area contributed by atoms with Crippen LogP contribution in [-0.2, 0) is 16.1 Å². The number of aliphatic hydroxyl groups excluding tert-OH is 1. The van der Waals surface area contributed by atoms with Gasteiger partial charge in [0.25, 0.3) is 11.7 Å². The molecule has 4 rings (SSSR count). The highest BCUT2D eigenvalue weighted by Gasteiger charge is 2.46.